The van der Waals surface area contributed by atoms with E-state index in [1.807, 2.05) is 0 Å². The minimum Gasteiger partial charge on any atom is -0.383 e. The van der Waals surface area contributed by atoms with E-state index in [1.165, 1.54) is 13.2 Å². The van der Waals surface area contributed by atoms with Crippen LogP contribution in [-0.4, -0.2) is 40.6 Å². The van der Waals surface area contributed by atoms with Crippen molar-refractivity contribution in [2.75, 3.05) is 26.9 Å². The minimum atomic E-state index is -3.62. The van der Waals surface area contributed by atoms with Crippen molar-refractivity contribution in [2.45, 2.75) is 17.7 Å². The summed E-state index contributed by atoms with van der Waals surface area (Å²) >= 11 is 0. The number of rotatable bonds is 6. The molecule has 1 saturated heterocycles. The largest absolute Gasteiger partial charge is 0.383 e. The monoisotopic (exact) mass is 321 g/mol. The van der Waals surface area contributed by atoms with Gasteiger partial charge in [0, 0.05) is 13.7 Å². The maximum absolute atomic E-state index is 13.3. The van der Waals surface area contributed by atoms with Gasteiger partial charge < -0.3 is 9.47 Å². The first-order valence-electron chi connectivity index (χ1n) is 6.47. The minimum absolute atomic E-state index is 0.0118. The molecule has 2 rings (SSSR count). The number of hydrogen-bond donors (Lipinski definition) is 1. The molecule has 1 aliphatic heterocycles. The topological polar surface area (TPSA) is 64.6 Å². The van der Waals surface area contributed by atoms with E-state index in [9.17, 15) is 17.2 Å². The van der Waals surface area contributed by atoms with Crippen LogP contribution in [0.4, 0.5) is 8.78 Å². The highest BCUT2D eigenvalue weighted by Gasteiger charge is 2.32. The molecular weight excluding hydrogens is 304 g/mol. The normalized spacial score (nSPS) is 20.6. The summed E-state index contributed by atoms with van der Waals surface area (Å²) in [6, 6.07) is 2.47. The van der Waals surface area contributed by atoms with Gasteiger partial charge in [-0.25, -0.2) is 21.9 Å². The van der Waals surface area contributed by atoms with E-state index in [0.717, 1.165) is 12.1 Å². The molecule has 0 aromatic heterocycles. The Hall–Kier alpha value is -1.09. The molecule has 0 spiro atoms. The Balaban J connectivity index is 2.20. The highest BCUT2D eigenvalue weighted by Crippen LogP contribution is 2.20. The molecule has 2 atom stereocenters. The molecule has 1 aromatic carbocycles. The van der Waals surface area contributed by atoms with Crippen molar-refractivity contribution in [1.82, 2.24) is 4.72 Å². The van der Waals surface area contributed by atoms with E-state index in [2.05, 4.69) is 4.72 Å². The highest BCUT2D eigenvalue weighted by atomic mass is 32.2. The Morgan fingerprint density at radius 3 is 2.76 bits per heavy atom. The van der Waals surface area contributed by atoms with Gasteiger partial charge in [-0.2, -0.15) is 0 Å². The van der Waals surface area contributed by atoms with E-state index < -0.39 is 32.9 Å². The third-order valence-electron chi connectivity index (χ3n) is 3.31. The molecule has 0 saturated carbocycles. The van der Waals surface area contributed by atoms with Crippen LogP contribution in [-0.2, 0) is 19.5 Å². The third-order valence-corrected chi connectivity index (χ3v) is 5.18. The van der Waals surface area contributed by atoms with Crippen LogP contribution in [0.2, 0.25) is 0 Å². The second-order valence-electron chi connectivity index (χ2n) is 4.83. The SMILES string of the molecule is COCC(NS(=O)(=O)C1CCOC1)c1ccc(F)c(F)c1. The van der Waals surface area contributed by atoms with Gasteiger partial charge in [-0.3, -0.25) is 0 Å². The Morgan fingerprint density at radius 2 is 2.19 bits per heavy atom. The molecule has 1 aliphatic rings. The lowest BCUT2D eigenvalue weighted by atomic mass is 10.1. The van der Waals surface area contributed by atoms with Gasteiger partial charge in [0.2, 0.25) is 10.0 Å². The zero-order valence-corrected chi connectivity index (χ0v) is 12.3. The van der Waals surface area contributed by atoms with E-state index in [4.69, 9.17) is 9.47 Å². The molecule has 0 radical (unpaired) electrons. The summed E-state index contributed by atoms with van der Waals surface area (Å²) in [7, 11) is -2.22. The summed E-state index contributed by atoms with van der Waals surface area (Å²) < 4.78 is 63.2. The number of hydrogen-bond acceptors (Lipinski definition) is 4. The second kappa shape index (κ2) is 6.78. The molecule has 0 bridgehead atoms. The van der Waals surface area contributed by atoms with E-state index in [1.54, 1.807) is 0 Å². The molecule has 1 N–H and O–H groups in total. The van der Waals surface area contributed by atoms with Crippen LogP contribution in [0.3, 0.4) is 0 Å². The predicted octanol–water partition coefficient (Wildman–Crippen LogP) is 1.36. The van der Waals surface area contributed by atoms with E-state index >= 15 is 0 Å². The smallest absolute Gasteiger partial charge is 0.217 e. The molecule has 0 aliphatic carbocycles. The summed E-state index contributed by atoms with van der Waals surface area (Å²) in [6.07, 6.45) is 0.410. The Morgan fingerprint density at radius 1 is 1.43 bits per heavy atom. The van der Waals surface area contributed by atoms with E-state index in [-0.39, 0.29) is 13.2 Å². The van der Waals surface area contributed by atoms with Crippen LogP contribution in [0, 0.1) is 11.6 Å². The third kappa shape index (κ3) is 3.97. The fourth-order valence-electron chi connectivity index (χ4n) is 2.15. The van der Waals surface area contributed by atoms with Gasteiger partial charge in [0.05, 0.1) is 19.3 Å². The molecule has 2 unspecified atom stereocenters. The predicted molar refractivity (Wildman–Crippen MR) is 72.3 cm³/mol. The van der Waals surface area contributed by atoms with E-state index in [0.29, 0.717) is 18.6 Å². The van der Waals surface area contributed by atoms with Gasteiger partial charge in [-0.15, -0.1) is 0 Å². The molecular formula is C13H17F2NO4S. The lowest BCUT2D eigenvalue weighted by molar-refractivity contribution is 0.174. The molecule has 1 fully saturated rings. The van der Waals surface area contributed by atoms with Crippen LogP contribution in [0.15, 0.2) is 18.2 Å². The molecule has 118 valence electrons. The number of ether oxygens (including phenoxy) is 2. The van der Waals surface area contributed by atoms with Gasteiger partial charge in [-0.05, 0) is 24.1 Å². The van der Waals surface area contributed by atoms with Gasteiger partial charge in [0.25, 0.3) is 0 Å². The summed E-state index contributed by atoms with van der Waals surface area (Å²) in [4.78, 5) is 0. The van der Waals surface area contributed by atoms with Crippen molar-refractivity contribution < 1.29 is 26.7 Å². The van der Waals surface area contributed by atoms with Crippen molar-refractivity contribution in [3.63, 3.8) is 0 Å². The lowest BCUT2D eigenvalue weighted by Gasteiger charge is -2.20. The molecule has 1 heterocycles. The average Bonchev–Trinajstić information content (AvgIpc) is 2.96. The summed E-state index contributed by atoms with van der Waals surface area (Å²) in [5.74, 6) is -2.01. The van der Waals surface area contributed by atoms with Gasteiger partial charge in [0.15, 0.2) is 11.6 Å². The zero-order chi connectivity index (χ0) is 15.5. The first kappa shape index (κ1) is 16.3. The second-order valence-corrected chi connectivity index (χ2v) is 6.82. The molecule has 0 amide bonds. The van der Waals surface area contributed by atoms with Crippen molar-refractivity contribution in [2.24, 2.45) is 0 Å². The summed E-state index contributed by atoms with van der Waals surface area (Å²) in [5.41, 5.74) is 0.304. The van der Waals surface area contributed by atoms with Gasteiger partial charge in [-0.1, -0.05) is 6.07 Å². The summed E-state index contributed by atoms with van der Waals surface area (Å²) in [6.45, 7) is 0.538. The first-order valence-corrected chi connectivity index (χ1v) is 8.01. The standard InChI is InChI=1S/C13H17F2NO4S/c1-19-8-13(9-2-3-11(14)12(15)6-9)16-21(17,18)10-4-5-20-7-10/h2-3,6,10,13,16H,4-5,7-8H2,1H3. The highest BCUT2D eigenvalue weighted by molar-refractivity contribution is 7.90. The van der Waals surface area contributed by atoms with Crippen molar-refractivity contribution in [1.29, 1.82) is 0 Å². The van der Waals surface area contributed by atoms with Crippen LogP contribution >= 0.6 is 0 Å². The molecule has 1 aromatic rings. The van der Waals surface area contributed by atoms with Crippen LogP contribution < -0.4 is 4.72 Å². The number of halogens is 2. The molecule has 8 heteroatoms. The van der Waals surface area contributed by atoms with Crippen LogP contribution in [0.5, 0.6) is 0 Å². The number of benzene rings is 1. The van der Waals surface area contributed by atoms with Gasteiger partial charge in [0.1, 0.15) is 5.25 Å². The fraction of sp³-hybridized carbons (Fsp3) is 0.538. The average molecular weight is 321 g/mol. The molecule has 5 nitrogen and oxygen atoms in total. The quantitative estimate of drug-likeness (QED) is 0.859. The van der Waals surface area contributed by atoms with Crippen molar-refractivity contribution >= 4 is 10.0 Å². The fourth-order valence-corrected chi connectivity index (χ4v) is 3.62. The summed E-state index contributed by atoms with van der Waals surface area (Å²) in [5, 5.41) is -0.637. The number of methoxy groups -OCH3 is 1. The van der Waals surface area contributed by atoms with Crippen LogP contribution in [0.1, 0.15) is 18.0 Å². The lowest BCUT2D eigenvalue weighted by Crippen LogP contribution is -2.38. The maximum Gasteiger partial charge on any atom is 0.217 e. The van der Waals surface area contributed by atoms with Crippen molar-refractivity contribution in [3.05, 3.63) is 35.4 Å². The Labute approximate surface area is 122 Å². The Bertz CT molecular complexity index is 588. The zero-order valence-electron chi connectivity index (χ0n) is 11.5. The van der Waals surface area contributed by atoms with Crippen LogP contribution in [0.25, 0.3) is 0 Å². The first-order chi connectivity index (χ1) is 9.94. The van der Waals surface area contributed by atoms with Crippen molar-refractivity contribution in [3.8, 4) is 0 Å². The Kier molecular flexibility index (Phi) is 5.26. The number of sulfonamides is 1. The maximum atomic E-state index is 13.3. The molecule has 21 heavy (non-hydrogen) atoms. The van der Waals surface area contributed by atoms with Gasteiger partial charge >= 0.3 is 0 Å². The number of nitrogens with one attached hydrogen (secondary N) is 1.